The molecule has 0 spiro atoms. The van der Waals surface area contributed by atoms with Gasteiger partial charge in [-0.25, -0.2) is 0 Å². The van der Waals surface area contributed by atoms with Gasteiger partial charge in [-0.2, -0.15) is 5.10 Å². The fraction of sp³-hybridized carbons (Fsp3) is 0.636. The lowest BCUT2D eigenvalue weighted by atomic mass is 9.77. The molecule has 0 atom stereocenters. The summed E-state index contributed by atoms with van der Waals surface area (Å²) < 4.78 is 1.60. The molecule has 0 radical (unpaired) electrons. The Balaban J connectivity index is 2.11. The number of nitrogens with two attached hydrogens (primary N) is 1. The highest BCUT2D eigenvalue weighted by molar-refractivity contribution is 5.93. The van der Waals surface area contributed by atoms with Crippen LogP contribution in [-0.2, 0) is 7.05 Å². The van der Waals surface area contributed by atoms with Gasteiger partial charge in [0.15, 0.2) is 0 Å². The van der Waals surface area contributed by atoms with Gasteiger partial charge in [0, 0.05) is 13.6 Å². The molecule has 1 heterocycles. The van der Waals surface area contributed by atoms with Crippen LogP contribution in [0, 0.1) is 6.92 Å². The van der Waals surface area contributed by atoms with Crippen molar-refractivity contribution in [3.05, 3.63) is 17.5 Å². The molecule has 0 saturated heterocycles. The van der Waals surface area contributed by atoms with Crippen LogP contribution < -0.4 is 11.1 Å². The smallest absolute Gasteiger partial charge is 0.270 e. The van der Waals surface area contributed by atoms with Crippen LogP contribution in [0.25, 0.3) is 0 Å². The Morgan fingerprint density at radius 3 is 2.75 bits per heavy atom. The first-order chi connectivity index (χ1) is 7.56. The Kier molecular flexibility index (Phi) is 2.71. The normalized spacial score (nSPS) is 17.9. The number of amides is 1. The summed E-state index contributed by atoms with van der Waals surface area (Å²) in [5.41, 5.74) is 6.97. The monoisotopic (exact) mass is 222 g/mol. The van der Waals surface area contributed by atoms with E-state index in [0.29, 0.717) is 12.2 Å². The van der Waals surface area contributed by atoms with E-state index in [1.54, 1.807) is 17.8 Å². The third-order valence-electron chi connectivity index (χ3n) is 3.31. The molecule has 3 N–H and O–H groups in total. The summed E-state index contributed by atoms with van der Waals surface area (Å²) in [4.78, 5) is 12.0. The minimum atomic E-state index is -0.171. The zero-order valence-electron chi connectivity index (χ0n) is 9.79. The van der Waals surface area contributed by atoms with E-state index < -0.39 is 0 Å². The Bertz CT molecular complexity index is 401. The summed E-state index contributed by atoms with van der Waals surface area (Å²) in [5.74, 6) is -0.0757. The molecule has 88 valence electrons. The van der Waals surface area contributed by atoms with Crippen molar-refractivity contribution in [2.75, 3.05) is 6.54 Å². The number of nitrogens with zero attached hydrogens (tertiary/aromatic N) is 2. The van der Waals surface area contributed by atoms with Gasteiger partial charge in [-0.15, -0.1) is 0 Å². The van der Waals surface area contributed by atoms with Crippen molar-refractivity contribution in [3.8, 4) is 0 Å². The van der Waals surface area contributed by atoms with Crippen molar-refractivity contribution >= 4 is 5.91 Å². The Morgan fingerprint density at radius 2 is 2.38 bits per heavy atom. The molecular weight excluding hydrogens is 204 g/mol. The highest BCUT2D eigenvalue weighted by Gasteiger charge is 2.37. The standard InChI is InChI=1S/C11H18N4O/c1-8-6-9(15(2)14-8)10(16)13-11(7-12)4-3-5-11/h6H,3-5,7,12H2,1-2H3,(H,13,16). The fourth-order valence-corrected chi connectivity index (χ4v) is 2.11. The number of nitrogens with one attached hydrogen (secondary N) is 1. The maximum Gasteiger partial charge on any atom is 0.270 e. The van der Waals surface area contributed by atoms with E-state index in [-0.39, 0.29) is 11.4 Å². The Morgan fingerprint density at radius 1 is 1.69 bits per heavy atom. The summed E-state index contributed by atoms with van der Waals surface area (Å²) in [7, 11) is 1.78. The molecule has 1 fully saturated rings. The number of hydrogen-bond acceptors (Lipinski definition) is 3. The molecule has 1 aromatic rings. The second-order valence-electron chi connectivity index (χ2n) is 4.59. The molecule has 5 nitrogen and oxygen atoms in total. The van der Waals surface area contributed by atoms with Crippen LogP contribution in [0.2, 0.25) is 0 Å². The minimum Gasteiger partial charge on any atom is -0.344 e. The molecule has 2 rings (SSSR count). The summed E-state index contributed by atoms with van der Waals surface area (Å²) in [6.07, 6.45) is 3.10. The summed E-state index contributed by atoms with van der Waals surface area (Å²) in [5, 5.41) is 7.18. The maximum atomic E-state index is 12.0. The van der Waals surface area contributed by atoms with Crippen LogP contribution in [0.1, 0.15) is 35.4 Å². The predicted molar refractivity (Wildman–Crippen MR) is 61.0 cm³/mol. The van der Waals surface area contributed by atoms with E-state index in [9.17, 15) is 4.79 Å². The predicted octanol–water partition coefficient (Wildman–Crippen LogP) is 0.340. The second-order valence-corrected chi connectivity index (χ2v) is 4.59. The molecule has 0 unspecified atom stereocenters. The third kappa shape index (κ3) is 1.82. The lowest BCUT2D eigenvalue weighted by Gasteiger charge is -2.41. The van der Waals surface area contributed by atoms with E-state index in [1.807, 2.05) is 6.92 Å². The average molecular weight is 222 g/mol. The first-order valence-electron chi connectivity index (χ1n) is 5.59. The first kappa shape index (κ1) is 11.1. The minimum absolute atomic E-state index is 0.0757. The summed E-state index contributed by atoms with van der Waals surface area (Å²) in [6, 6.07) is 1.79. The van der Waals surface area contributed by atoms with Gasteiger partial charge in [0.25, 0.3) is 5.91 Å². The van der Waals surface area contributed by atoms with Crippen molar-refractivity contribution in [1.29, 1.82) is 0 Å². The molecule has 1 amide bonds. The number of aryl methyl sites for hydroxylation is 2. The largest absolute Gasteiger partial charge is 0.344 e. The quantitative estimate of drug-likeness (QED) is 0.774. The van der Waals surface area contributed by atoms with Gasteiger partial charge in [0.05, 0.1) is 11.2 Å². The first-order valence-corrected chi connectivity index (χ1v) is 5.59. The van der Waals surface area contributed by atoms with E-state index in [4.69, 9.17) is 5.73 Å². The number of carbonyl (C=O) groups is 1. The van der Waals surface area contributed by atoms with Crippen LogP contribution in [-0.4, -0.2) is 27.8 Å². The molecule has 0 aromatic carbocycles. The maximum absolute atomic E-state index is 12.0. The lowest BCUT2D eigenvalue weighted by molar-refractivity contribution is 0.0827. The average Bonchev–Trinajstić information content (AvgIpc) is 2.51. The van der Waals surface area contributed by atoms with Gasteiger partial charge < -0.3 is 11.1 Å². The molecule has 5 heteroatoms. The van der Waals surface area contributed by atoms with Crippen LogP contribution in [0.3, 0.4) is 0 Å². The van der Waals surface area contributed by atoms with Gasteiger partial charge in [-0.05, 0) is 32.3 Å². The molecule has 1 aromatic heterocycles. The Labute approximate surface area is 95.0 Å². The van der Waals surface area contributed by atoms with Gasteiger partial charge >= 0.3 is 0 Å². The van der Waals surface area contributed by atoms with Gasteiger partial charge in [0.2, 0.25) is 0 Å². The van der Waals surface area contributed by atoms with E-state index in [1.165, 1.54) is 0 Å². The van der Waals surface area contributed by atoms with E-state index in [0.717, 1.165) is 25.0 Å². The highest BCUT2D eigenvalue weighted by Crippen LogP contribution is 2.30. The van der Waals surface area contributed by atoms with Crippen LogP contribution in [0.4, 0.5) is 0 Å². The van der Waals surface area contributed by atoms with Crippen molar-refractivity contribution in [2.45, 2.75) is 31.7 Å². The highest BCUT2D eigenvalue weighted by atomic mass is 16.2. The molecule has 1 saturated carbocycles. The molecule has 1 aliphatic rings. The zero-order valence-corrected chi connectivity index (χ0v) is 9.79. The van der Waals surface area contributed by atoms with E-state index >= 15 is 0 Å². The topological polar surface area (TPSA) is 72.9 Å². The van der Waals surface area contributed by atoms with Crippen LogP contribution in [0.5, 0.6) is 0 Å². The van der Waals surface area contributed by atoms with E-state index in [2.05, 4.69) is 10.4 Å². The zero-order chi connectivity index (χ0) is 11.8. The van der Waals surface area contributed by atoms with Crippen molar-refractivity contribution in [1.82, 2.24) is 15.1 Å². The van der Waals surface area contributed by atoms with Gasteiger partial charge in [-0.3, -0.25) is 9.48 Å². The number of carbonyl (C=O) groups excluding carboxylic acids is 1. The second kappa shape index (κ2) is 3.90. The molecule has 16 heavy (non-hydrogen) atoms. The molecular formula is C11H18N4O. The Hall–Kier alpha value is -1.36. The summed E-state index contributed by atoms with van der Waals surface area (Å²) >= 11 is 0. The van der Waals surface area contributed by atoms with Crippen molar-refractivity contribution in [3.63, 3.8) is 0 Å². The molecule has 1 aliphatic carbocycles. The van der Waals surface area contributed by atoms with Crippen molar-refractivity contribution in [2.24, 2.45) is 12.8 Å². The number of aromatic nitrogens is 2. The lowest BCUT2D eigenvalue weighted by Crippen LogP contribution is -2.58. The third-order valence-corrected chi connectivity index (χ3v) is 3.31. The van der Waals surface area contributed by atoms with Crippen LogP contribution in [0.15, 0.2) is 6.07 Å². The molecule has 0 bridgehead atoms. The SMILES string of the molecule is Cc1cc(C(=O)NC2(CN)CCC2)n(C)n1. The summed E-state index contributed by atoms with van der Waals surface area (Å²) in [6.45, 7) is 2.38. The number of hydrogen-bond donors (Lipinski definition) is 2. The van der Waals surface area contributed by atoms with Gasteiger partial charge in [0.1, 0.15) is 5.69 Å². The molecule has 0 aliphatic heterocycles. The van der Waals surface area contributed by atoms with Crippen molar-refractivity contribution < 1.29 is 4.79 Å². The van der Waals surface area contributed by atoms with Gasteiger partial charge in [-0.1, -0.05) is 0 Å². The van der Waals surface area contributed by atoms with Crippen LogP contribution >= 0.6 is 0 Å². The number of rotatable bonds is 3. The fourth-order valence-electron chi connectivity index (χ4n) is 2.11.